The van der Waals surface area contributed by atoms with E-state index < -0.39 is 5.54 Å². The number of hydrogen-bond acceptors (Lipinski definition) is 3. The Morgan fingerprint density at radius 1 is 1.27 bits per heavy atom. The van der Waals surface area contributed by atoms with Crippen LogP contribution in [0.1, 0.15) is 30.5 Å². The molecule has 3 heteroatoms. The minimum atomic E-state index is -0.435. The van der Waals surface area contributed by atoms with Gasteiger partial charge in [-0.3, -0.25) is 0 Å². The number of phenols is 1. The summed E-state index contributed by atoms with van der Waals surface area (Å²) in [5.74, 6) is 0.676. The van der Waals surface area contributed by atoms with Crippen LogP contribution in [0, 0.1) is 13.8 Å². The van der Waals surface area contributed by atoms with Crippen molar-refractivity contribution < 1.29 is 9.84 Å². The predicted molar refractivity (Wildman–Crippen MR) is 61.3 cm³/mol. The highest BCUT2D eigenvalue weighted by Gasteiger charge is 2.21. The monoisotopic (exact) mass is 209 g/mol. The zero-order chi connectivity index (χ0) is 11.8. The maximum atomic E-state index is 9.80. The van der Waals surface area contributed by atoms with Crippen LogP contribution in [0.3, 0.4) is 0 Å². The number of methoxy groups -OCH3 is 1. The first kappa shape index (κ1) is 11.9. The summed E-state index contributed by atoms with van der Waals surface area (Å²) in [6.07, 6.45) is 0. The molecule has 0 saturated heterocycles. The molecule has 0 atom stereocenters. The van der Waals surface area contributed by atoms with E-state index in [1.54, 1.807) is 6.07 Å². The molecule has 3 nitrogen and oxygen atoms in total. The third kappa shape index (κ3) is 2.07. The van der Waals surface area contributed by atoms with E-state index >= 15 is 0 Å². The molecule has 0 spiro atoms. The van der Waals surface area contributed by atoms with Gasteiger partial charge in [-0.15, -0.1) is 0 Å². The highest BCUT2D eigenvalue weighted by atomic mass is 16.5. The molecular formula is C12H19NO2. The number of nitrogens with two attached hydrogens (primary N) is 1. The molecular weight excluding hydrogens is 190 g/mol. The summed E-state index contributed by atoms with van der Waals surface area (Å²) < 4.78 is 5.11. The predicted octanol–water partition coefficient (Wildman–Crippen LogP) is 2.21. The number of benzene rings is 1. The van der Waals surface area contributed by atoms with Gasteiger partial charge in [-0.25, -0.2) is 0 Å². The van der Waals surface area contributed by atoms with Crippen molar-refractivity contribution in [2.75, 3.05) is 7.11 Å². The van der Waals surface area contributed by atoms with E-state index in [0.717, 1.165) is 16.7 Å². The van der Waals surface area contributed by atoms with Gasteiger partial charge in [-0.1, -0.05) is 0 Å². The molecule has 0 aliphatic carbocycles. The van der Waals surface area contributed by atoms with Crippen molar-refractivity contribution in [3.8, 4) is 11.5 Å². The van der Waals surface area contributed by atoms with E-state index in [1.165, 1.54) is 7.11 Å². The van der Waals surface area contributed by atoms with Gasteiger partial charge in [0.25, 0.3) is 0 Å². The molecule has 84 valence electrons. The van der Waals surface area contributed by atoms with Crippen LogP contribution < -0.4 is 10.5 Å². The number of phenolic OH excluding ortho intramolecular Hbond substituents is 1. The third-order valence-corrected chi connectivity index (χ3v) is 2.74. The highest BCUT2D eigenvalue weighted by Crippen LogP contribution is 2.37. The Morgan fingerprint density at radius 3 is 2.20 bits per heavy atom. The van der Waals surface area contributed by atoms with Gasteiger partial charge in [0.15, 0.2) is 11.5 Å². The van der Waals surface area contributed by atoms with Crippen molar-refractivity contribution in [1.82, 2.24) is 0 Å². The first-order valence-electron chi connectivity index (χ1n) is 4.95. The van der Waals surface area contributed by atoms with Crippen molar-refractivity contribution in [2.24, 2.45) is 5.73 Å². The summed E-state index contributed by atoms with van der Waals surface area (Å²) in [6, 6.07) is 1.80. The highest BCUT2D eigenvalue weighted by molar-refractivity contribution is 5.54. The Balaban J connectivity index is 3.49. The van der Waals surface area contributed by atoms with E-state index in [-0.39, 0.29) is 5.75 Å². The summed E-state index contributed by atoms with van der Waals surface area (Å²) in [5.41, 5.74) is 8.46. The number of rotatable bonds is 2. The van der Waals surface area contributed by atoms with Crippen molar-refractivity contribution in [2.45, 2.75) is 33.2 Å². The summed E-state index contributed by atoms with van der Waals surface area (Å²) in [5, 5.41) is 9.80. The normalized spacial score (nSPS) is 11.6. The van der Waals surface area contributed by atoms with Gasteiger partial charge in [0.1, 0.15) is 0 Å². The van der Waals surface area contributed by atoms with Crippen LogP contribution in [-0.4, -0.2) is 12.2 Å². The van der Waals surface area contributed by atoms with Crippen LogP contribution in [-0.2, 0) is 5.54 Å². The van der Waals surface area contributed by atoms with Crippen LogP contribution >= 0.6 is 0 Å². The van der Waals surface area contributed by atoms with Crippen molar-refractivity contribution in [3.63, 3.8) is 0 Å². The second kappa shape index (κ2) is 3.74. The quantitative estimate of drug-likeness (QED) is 0.785. The molecule has 0 aliphatic rings. The second-order valence-electron chi connectivity index (χ2n) is 4.45. The van der Waals surface area contributed by atoms with Crippen LogP contribution in [0.25, 0.3) is 0 Å². The van der Waals surface area contributed by atoms with Crippen LogP contribution in [0.15, 0.2) is 6.07 Å². The lowest BCUT2D eigenvalue weighted by molar-refractivity contribution is 0.369. The molecule has 0 fully saturated rings. The minimum absolute atomic E-state index is 0.197. The molecule has 1 aromatic carbocycles. The fourth-order valence-electron chi connectivity index (χ4n) is 1.70. The molecule has 0 saturated carbocycles. The Morgan fingerprint density at radius 2 is 1.80 bits per heavy atom. The molecule has 15 heavy (non-hydrogen) atoms. The van der Waals surface area contributed by atoms with Gasteiger partial charge in [0.2, 0.25) is 0 Å². The first-order valence-corrected chi connectivity index (χ1v) is 4.95. The third-order valence-electron chi connectivity index (χ3n) is 2.74. The van der Waals surface area contributed by atoms with Crippen LogP contribution in [0.5, 0.6) is 11.5 Å². The topological polar surface area (TPSA) is 55.5 Å². The van der Waals surface area contributed by atoms with E-state index in [0.29, 0.717) is 5.75 Å². The van der Waals surface area contributed by atoms with Gasteiger partial charge >= 0.3 is 0 Å². The molecule has 0 aliphatic heterocycles. The summed E-state index contributed by atoms with van der Waals surface area (Å²) in [6.45, 7) is 7.69. The van der Waals surface area contributed by atoms with Gasteiger partial charge in [-0.05, 0) is 50.5 Å². The maximum absolute atomic E-state index is 9.80. The van der Waals surface area contributed by atoms with Crippen LogP contribution in [0.2, 0.25) is 0 Å². The number of hydrogen-bond donors (Lipinski definition) is 2. The average molecular weight is 209 g/mol. The Hall–Kier alpha value is -1.22. The molecule has 1 rings (SSSR count). The van der Waals surface area contributed by atoms with Crippen molar-refractivity contribution in [1.29, 1.82) is 0 Å². The Kier molecular flexibility index (Phi) is 2.95. The molecule has 0 radical (unpaired) electrons. The molecule has 1 aromatic rings. The fourth-order valence-corrected chi connectivity index (χ4v) is 1.70. The standard InChI is InChI=1S/C12H19NO2/c1-7-8(2)11(14)10(15-5)6-9(7)12(3,4)13/h6,14H,13H2,1-5H3. The maximum Gasteiger partial charge on any atom is 0.161 e. The minimum Gasteiger partial charge on any atom is -0.504 e. The summed E-state index contributed by atoms with van der Waals surface area (Å²) >= 11 is 0. The Labute approximate surface area is 90.9 Å². The van der Waals surface area contributed by atoms with Gasteiger partial charge in [0.05, 0.1) is 7.11 Å². The second-order valence-corrected chi connectivity index (χ2v) is 4.45. The van der Waals surface area contributed by atoms with E-state index in [2.05, 4.69) is 0 Å². The molecule has 3 N–H and O–H groups in total. The van der Waals surface area contributed by atoms with E-state index in [4.69, 9.17) is 10.5 Å². The summed E-state index contributed by atoms with van der Waals surface area (Å²) in [4.78, 5) is 0. The SMILES string of the molecule is COc1cc(C(C)(C)N)c(C)c(C)c1O. The number of ether oxygens (including phenoxy) is 1. The first-order chi connectivity index (χ1) is 6.79. The van der Waals surface area contributed by atoms with E-state index in [9.17, 15) is 5.11 Å². The summed E-state index contributed by atoms with van der Waals surface area (Å²) in [7, 11) is 1.54. The van der Waals surface area contributed by atoms with Crippen molar-refractivity contribution >= 4 is 0 Å². The lowest BCUT2D eigenvalue weighted by Gasteiger charge is -2.24. The fraction of sp³-hybridized carbons (Fsp3) is 0.500. The van der Waals surface area contributed by atoms with Gasteiger partial charge < -0.3 is 15.6 Å². The zero-order valence-electron chi connectivity index (χ0n) is 10.0. The molecule has 0 unspecified atom stereocenters. The lowest BCUT2D eigenvalue weighted by atomic mass is 9.88. The molecule has 0 aromatic heterocycles. The van der Waals surface area contributed by atoms with Crippen LogP contribution in [0.4, 0.5) is 0 Å². The molecule has 0 heterocycles. The number of aromatic hydroxyl groups is 1. The largest absolute Gasteiger partial charge is 0.504 e. The molecule has 0 amide bonds. The smallest absolute Gasteiger partial charge is 0.161 e. The Bertz CT molecular complexity index is 378. The van der Waals surface area contributed by atoms with Gasteiger partial charge in [-0.2, -0.15) is 0 Å². The average Bonchev–Trinajstić information content (AvgIpc) is 2.13. The van der Waals surface area contributed by atoms with Gasteiger partial charge in [0, 0.05) is 5.54 Å². The van der Waals surface area contributed by atoms with E-state index in [1.807, 2.05) is 27.7 Å². The molecule has 0 bridgehead atoms. The zero-order valence-corrected chi connectivity index (χ0v) is 10.0. The lowest BCUT2D eigenvalue weighted by Crippen LogP contribution is -2.29. The van der Waals surface area contributed by atoms with Crippen molar-refractivity contribution in [3.05, 3.63) is 22.8 Å².